The minimum Gasteiger partial charge on any atom is -0.485 e. The fraction of sp³-hybridized carbons (Fsp3) is 0.458. The highest BCUT2D eigenvalue weighted by atomic mass is 16.5. The molecule has 1 aromatic rings. The molecule has 3 nitrogen and oxygen atoms in total. The van der Waals surface area contributed by atoms with Crippen LogP contribution in [0.3, 0.4) is 0 Å². The van der Waals surface area contributed by atoms with E-state index in [4.69, 9.17) is 9.84 Å². The molecule has 0 saturated heterocycles. The summed E-state index contributed by atoms with van der Waals surface area (Å²) in [7, 11) is 0. The zero-order valence-electron chi connectivity index (χ0n) is 16.6. The average molecular weight is 369 g/mol. The number of hydrogen-bond donors (Lipinski definition) is 1. The molecule has 146 valence electrons. The number of allylic oxidation sites excluding steroid dienone is 2. The van der Waals surface area contributed by atoms with Crippen LogP contribution in [0.2, 0.25) is 0 Å². The molecular weight excluding hydrogens is 336 g/mol. The van der Waals surface area contributed by atoms with Crippen molar-refractivity contribution in [2.75, 3.05) is 0 Å². The van der Waals surface area contributed by atoms with Crippen LogP contribution < -0.4 is 4.74 Å². The molecular formula is C24H32O3. The standard InChI is InChI=1S/C24H32O3/c1-3-4-5-6-7-8-9-13-23-21(16-15-19(2)17-24(25)26)18-20-12-10-11-14-22(20)27-23/h10-12,14-18,23H,3-9,13H2,1-2H3,(H,25,26)/b16-15+,19-17+. The second kappa shape index (κ2) is 11.4. The van der Waals surface area contributed by atoms with Gasteiger partial charge in [0.25, 0.3) is 0 Å². The van der Waals surface area contributed by atoms with Crippen molar-refractivity contribution in [3.63, 3.8) is 0 Å². The molecule has 0 aliphatic carbocycles. The number of carboxylic acid groups (broad SMARTS) is 1. The Morgan fingerprint density at radius 2 is 1.81 bits per heavy atom. The molecule has 1 N–H and O–H groups in total. The van der Waals surface area contributed by atoms with E-state index in [2.05, 4.69) is 13.0 Å². The Labute approximate surface area is 163 Å². The number of carboxylic acids is 1. The number of carbonyl (C=O) groups is 1. The van der Waals surface area contributed by atoms with Crippen LogP contribution in [0.5, 0.6) is 5.75 Å². The van der Waals surface area contributed by atoms with Gasteiger partial charge in [0.1, 0.15) is 11.9 Å². The summed E-state index contributed by atoms with van der Waals surface area (Å²) in [4.78, 5) is 10.8. The summed E-state index contributed by atoms with van der Waals surface area (Å²) in [6.07, 6.45) is 17.2. The second-order valence-electron chi connectivity index (χ2n) is 7.26. The van der Waals surface area contributed by atoms with Crippen molar-refractivity contribution in [3.05, 3.63) is 59.2 Å². The molecule has 1 aliphatic rings. The normalized spacial score (nSPS) is 16.7. The van der Waals surface area contributed by atoms with Gasteiger partial charge in [0.05, 0.1) is 0 Å². The van der Waals surface area contributed by atoms with Crippen LogP contribution in [0.15, 0.2) is 53.6 Å². The summed E-state index contributed by atoms with van der Waals surface area (Å²) in [5.41, 5.74) is 2.91. The molecule has 1 aliphatic heterocycles. The van der Waals surface area contributed by atoms with Gasteiger partial charge in [-0.3, -0.25) is 0 Å². The van der Waals surface area contributed by atoms with E-state index in [-0.39, 0.29) is 6.10 Å². The Bertz CT molecular complexity index is 697. The van der Waals surface area contributed by atoms with Crippen molar-refractivity contribution in [1.29, 1.82) is 0 Å². The van der Waals surface area contributed by atoms with E-state index in [9.17, 15) is 4.79 Å². The lowest BCUT2D eigenvalue weighted by atomic mass is 9.96. The van der Waals surface area contributed by atoms with Crippen molar-refractivity contribution in [3.8, 4) is 5.75 Å². The maximum atomic E-state index is 10.8. The number of aliphatic carboxylic acids is 1. The van der Waals surface area contributed by atoms with E-state index in [0.717, 1.165) is 35.3 Å². The van der Waals surface area contributed by atoms with Gasteiger partial charge in [0.2, 0.25) is 0 Å². The van der Waals surface area contributed by atoms with E-state index < -0.39 is 5.97 Å². The van der Waals surface area contributed by atoms with Crippen LogP contribution >= 0.6 is 0 Å². The molecule has 0 saturated carbocycles. The Morgan fingerprint density at radius 3 is 2.56 bits per heavy atom. The van der Waals surface area contributed by atoms with Gasteiger partial charge in [-0.1, -0.05) is 75.8 Å². The van der Waals surface area contributed by atoms with E-state index in [1.807, 2.05) is 36.4 Å². The first kappa shape index (κ1) is 21.0. The molecule has 0 fully saturated rings. The Balaban J connectivity index is 1.99. The summed E-state index contributed by atoms with van der Waals surface area (Å²) >= 11 is 0. The predicted molar refractivity (Wildman–Crippen MR) is 112 cm³/mol. The largest absolute Gasteiger partial charge is 0.485 e. The fourth-order valence-corrected chi connectivity index (χ4v) is 3.34. The lowest BCUT2D eigenvalue weighted by Crippen LogP contribution is -2.21. The van der Waals surface area contributed by atoms with Crippen molar-refractivity contribution < 1.29 is 14.6 Å². The molecule has 0 bridgehead atoms. The second-order valence-corrected chi connectivity index (χ2v) is 7.26. The number of ether oxygens (including phenoxy) is 1. The monoisotopic (exact) mass is 368 g/mol. The van der Waals surface area contributed by atoms with Crippen LogP contribution in [0.4, 0.5) is 0 Å². The van der Waals surface area contributed by atoms with Crippen LogP contribution in [0.25, 0.3) is 6.08 Å². The first-order valence-electron chi connectivity index (χ1n) is 10.2. The van der Waals surface area contributed by atoms with E-state index in [1.54, 1.807) is 6.92 Å². The van der Waals surface area contributed by atoms with Crippen LogP contribution in [0, 0.1) is 0 Å². The highest BCUT2D eigenvalue weighted by Crippen LogP contribution is 2.32. The van der Waals surface area contributed by atoms with Gasteiger partial charge in [-0.2, -0.15) is 0 Å². The molecule has 0 spiro atoms. The molecule has 1 atom stereocenters. The zero-order chi connectivity index (χ0) is 19.5. The van der Waals surface area contributed by atoms with Gasteiger partial charge in [0.15, 0.2) is 0 Å². The molecule has 0 amide bonds. The number of hydrogen-bond acceptors (Lipinski definition) is 2. The Hall–Kier alpha value is -2.29. The SMILES string of the molecule is CCCCCCCCCC1Oc2ccccc2C=C1/C=C/C(C)=C/C(=O)O. The van der Waals surface area contributed by atoms with E-state index >= 15 is 0 Å². The maximum absolute atomic E-state index is 10.8. The Morgan fingerprint density at radius 1 is 1.11 bits per heavy atom. The zero-order valence-corrected chi connectivity index (χ0v) is 16.6. The molecule has 0 aromatic heterocycles. The molecule has 2 rings (SSSR count). The fourth-order valence-electron chi connectivity index (χ4n) is 3.34. The van der Waals surface area contributed by atoms with Gasteiger partial charge in [-0.25, -0.2) is 4.79 Å². The average Bonchev–Trinajstić information content (AvgIpc) is 2.65. The first-order chi connectivity index (χ1) is 13.1. The third-order valence-corrected chi connectivity index (χ3v) is 4.84. The molecule has 1 heterocycles. The lowest BCUT2D eigenvalue weighted by Gasteiger charge is -2.26. The minimum atomic E-state index is -0.920. The van der Waals surface area contributed by atoms with Gasteiger partial charge in [0, 0.05) is 11.6 Å². The summed E-state index contributed by atoms with van der Waals surface area (Å²) in [5, 5.41) is 8.87. The quantitative estimate of drug-likeness (QED) is 0.273. The van der Waals surface area contributed by atoms with Crippen molar-refractivity contribution in [2.45, 2.75) is 71.3 Å². The van der Waals surface area contributed by atoms with E-state index in [1.165, 1.54) is 44.6 Å². The number of fused-ring (bicyclic) bond motifs is 1. The van der Waals surface area contributed by atoms with Gasteiger partial charge in [-0.15, -0.1) is 0 Å². The summed E-state index contributed by atoms with van der Waals surface area (Å²) < 4.78 is 6.25. The third kappa shape index (κ3) is 7.46. The van der Waals surface area contributed by atoms with Crippen LogP contribution in [-0.2, 0) is 4.79 Å². The smallest absolute Gasteiger partial charge is 0.328 e. The number of unbranched alkanes of at least 4 members (excludes halogenated alkanes) is 6. The number of rotatable bonds is 11. The number of benzene rings is 1. The van der Waals surface area contributed by atoms with E-state index in [0.29, 0.717) is 0 Å². The summed E-state index contributed by atoms with van der Waals surface area (Å²) in [6, 6.07) is 8.07. The molecule has 1 unspecified atom stereocenters. The summed E-state index contributed by atoms with van der Waals surface area (Å²) in [6.45, 7) is 4.04. The molecule has 1 aromatic carbocycles. The van der Waals surface area contributed by atoms with Gasteiger partial charge in [-0.05, 0) is 43.1 Å². The predicted octanol–water partition coefficient (Wildman–Crippen LogP) is 6.56. The van der Waals surface area contributed by atoms with Crippen molar-refractivity contribution in [2.24, 2.45) is 0 Å². The molecule has 27 heavy (non-hydrogen) atoms. The van der Waals surface area contributed by atoms with Crippen molar-refractivity contribution in [1.82, 2.24) is 0 Å². The van der Waals surface area contributed by atoms with Crippen molar-refractivity contribution >= 4 is 12.0 Å². The Kier molecular flexibility index (Phi) is 8.90. The molecule has 0 radical (unpaired) electrons. The third-order valence-electron chi connectivity index (χ3n) is 4.84. The highest BCUT2D eigenvalue weighted by Gasteiger charge is 2.20. The lowest BCUT2D eigenvalue weighted by molar-refractivity contribution is -0.131. The first-order valence-corrected chi connectivity index (χ1v) is 10.2. The van der Waals surface area contributed by atoms with Crippen LogP contribution in [-0.4, -0.2) is 17.2 Å². The highest BCUT2D eigenvalue weighted by molar-refractivity contribution is 5.81. The van der Waals surface area contributed by atoms with Gasteiger partial charge >= 0.3 is 5.97 Å². The topological polar surface area (TPSA) is 46.5 Å². The molecule has 3 heteroatoms. The number of para-hydroxylation sites is 1. The maximum Gasteiger partial charge on any atom is 0.328 e. The summed E-state index contributed by atoms with van der Waals surface area (Å²) in [5.74, 6) is 0.0105. The van der Waals surface area contributed by atoms with Crippen LogP contribution in [0.1, 0.15) is 70.8 Å². The van der Waals surface area contributed by atoms with Gasteiger partial charge < -0.3 is 9.84 Å². The minimum absolute atomic E-state index is 0.0319.